The predicted octanol–water partition coefficient (Wildman–Crippen LogP) is 3.50. The normalized spacial score (nSPS) is 17.5. The maximum atomic E-state index is 13.9. The Morgan fingerprint density at radius 3 is 2.73 bits per heavy atom. The van der Waals surface area contributed by atoms with Crippen molar-refractivity contribution in [2.75, 3.05) is 45.7 Å². The van der Waals surface area contributed by atoms with Crippen LogP contribution in [0, 0.1) is 0 Å². The Labute approximate surface area is 202 Å². The molecule has 1 atom stereocenters. The fourth-order valence-electron chi connectivity index (χ4n) is 3.94. The van der Waals surface area contributed by atoms with Crippen LogP contribution < -0.4 is 9.64 Å². The number of nitrogens with zero attached hydrogens (tertiary/aromatic N) is 4. The molecule has 1 saturated heterocycles. The lowest BCUT2D eigenvalue weighted by Crippen LogP contribution is -2.53. The molecular weight excluding hydrogens is 480 g/mol. The quantitative estimate of drug-likeness (QED) is 0.463. The smallest absolute Gasteiger partial charge is 0.253 e. The number of sulfonamides is 1. The van der Waals surface area contributed by atoms with E-state index in [9.17, 15) is 13.2 Å². The van der Waals surface area contributed by atoms with Crippen molar-refractivity contribution in [3.63, 3.8) is 0 Å². The van der Waals surface area contributed by atoms with E-state index in [1.165, 1.54) is 27.0 Å². The Balaban J connectivity index is 1.71. The van der Waals surface area contributed by atoms with Crippen molar-refractivity contribution in [1.29, 1.82) is 0 Å². The average Bonchev–Trinajstić information content (AvgIpc) is 3.49. The molecule has 0 saturated carbocycles. The molecule has 0 aliphatic carbocycles. The highest BCUT2D eigenvalue weighted by Crippen LogP contribution is 2.36. The molecule has 0 bridgehead atoms. The first-order valence-electron chi connectivity index (χ1n) is 10.8. The van der Waals surface area contributed by atoms with Crippen LogP contribution in [0.25, 0.3) is 10.2 Å². The first-order valence-corrected chi connectivity index (χ1v) is 13.9. The zero-order chi connectivity index (χ0) is 23.6. The Morgan fingerprint density at radius 1 is 1.21 bits per heavy atom. The molecule has 1 aliphatic rings. The molecule has 1 fully saturated rings. The largest absolute Gasteiger partial charge is 0.494 e. The third-order valence-electron chi connectivity index (χ3n) is 5.66. The van der Waals surface area contributed by atoms with Gasteiger partial charge in [-0.1, -0.05) is 29.9 Å². The van der Waals surface area contributed by atoms with Gasteiger partial charge in [0.05, 0.1) is 11.8 Å². The maximum absolute atomic E-state index is 13.9. The number of carbonyl (C=O) groups excluding carboxylic acids is 1. The van der Waals surface area contributed by atoms with E-state index in [0.29, 0.717) is 42.5 Å². The molecule has 0 radical (unpaired) electrons. The van der Waals surface area contributed by atoms with Gasteiger partial charge in [-0.15, -0.1) is 11.3 Å². The van der Waals surface area contributed by atoms with Gasteiger partial charge in [-0.3, -0.25) is 9.69 Å². The van der Waals surface area contributed by atoms with E-state index < -0.39 is 16.1 Å². The number of thiazole rings is 1. The van der Waals surface area contributed by atoms with Gasteiger partial charge in [-0.2, -0.15) is 4.31 Å². The zero-order valence-corrected chi connectivity index (χ0v) is 21.4. The van der Waals surface area contributed by atoms with E-state index in [1.807, 2.05) is 37.2 Å². The third-order valence-corrected chi connectivity index (χ3v) is 9.98. The summed E-state index contributed by atoms with van der Waals surface area (Å²) in [6.07, 6.45) is 2.04. The summed E-state index contributed by atoms with van der Waals surface area (Å²) in [5.74, 6) is 0.421. The van der Waals surface area contributed by atoms with Gasteiger partial charge in [-0.05, 0) is 50.5 Å². The molecule has 33 heavy (non-hydrogen) atoms. The van der Waals surface area contributed by atoms with E-state index in [1.54, 1.807) is 29.5 Å². The van der Waals surface area contributed by atoms with E-state index >= 15 is 0 Å². The molecule has 1 aromatic carbocycles. The van der Waals surface area contributed by atoms with Gasteiger partial charge in [-0.25, -0.2) is 13.4 Å². The molecule has 2 aromatic heterocycles. The Kier molecular flexibility index (Phi) is 7.34. The number of amides is 1. The number of thiophene rings is 1. The second kappa shape index (κ2) is 10.1. The van der Waals surface area contributed by atoms with Crippen molar-refractivity contribution in [1.82, 2.24) is 14.2 Å². The summed E-state index contributed by atoms with van der Waals surface area (Å²) in [6, 6.07) is 8.25. The topological polar surface area (TPSA) is 83.0 Å². The number of ether oxygens (including phenoxy) is 1. The van der Waals surface area contributed by atoms with Gasteiger partial charge in [0.25, 0.3) is 10.0 Å². The summed E-state index contributed by atoms with van der Waals surface area (Å²) >= 11 is 2.59. The second-order valence-corrected chi connectivity index (χ2v) is 12.2. The van der Waals surface area contributed by atoms with Crippen LogP contribution in [-0.2, 0) is 14.8 Å². The highest BCUT2D eigenvalue weighted by Gasteiger charge is 2.40. The number of hydrogen-bond donors (Lipinski definition) is 0. The molecule has 3 aromatic rings. The van der Waals surface area contributed by atoms with Crippen molar-refractivity contribution in [2.45, 2.75) is 29.5 Å². The number of hydrogen-bond acceptors (Lipinski definition) is 8. The Bertz CT molecular complexity index is 1210. The molecule has 0 spiro atoms. The highest BCUT2D eigenvalue weighted by atomic mass is 32.2. The minimum atomic E-state index is -3.74. The molecule has 1 amide bonds. The van der Waals surface area contributed by atoms with Crippen molar-refractivity contribution in [3.8, 4) is 5.75 Å². The SMILES string of the molecule is COc1cccc2sc(N(CCN(C)C)C(=O)C3CCCCN3S(=O)(=O)c3cccs3)nc12. The van der Waals surface area contributed by atoms with Gasteiger partial charge in [0.15, 0.2) is 5.13 Å². The molecule has 4 rings (SSSR count). The highest BCUT2D eigenvalue weighted by molar-refractivity contribution is 7.91. The number of likely N-dealkylation sites (N-methyl/N-ethyl adjacent to an activating group) is 1. The van der Waals surface area contributed by atoms with Crippen molar-refractivity contribution in [3.05, 3.63) is 35.7 Å². The lowest BCUT2D eigenvalue weighted by Gasteiger charge is -2.36. The summed E-state index contributed by atoms with van der Waals surface area (Å²) in [5, 5.41) is 2.30. The third kappa shape index (κ3) is 4.92. The Morgan fingerprint density at radius 2 is 2.03 bits per heavy atom. The Hall–Kier alpha value is -2.05. The minimum absolute atomic E-state index is 0.227. The standard InChI is InChI=1S/C22H28N4O4S3/c1-24(2)13-14-25(22-23-20-17(30-3)9-6-10-18(20)32-22)21(27)16-8-4-5-12-26(16)33(28,29)19-11-7-15-31-19/h6-7,9-11,15-16H,4-5,8,12-14H2,1-3H3. The van der Waals surface area contributed by atoms with Crippen molar-refractivity contribution in [2.24, 2.45) is 0 Å². The minimum Gasteiger partial charge on any atom is -0.494 e. The number of anilines is 1. The predicted molar refractivity (Wildman–Crippen MR) is 133 cm³/mol. The lowest BCUT2D eigenvalue weighted by atomic mass is 10.0. The van der Waals surface area contributed by atoms with Crippen molar-refractivity contribution >= 4 is 54.0 Å². The van der Waals surface area contributed by atoms with Crippen LogP contribution in [0.5, 0.6) is 5.75 Å². The van der Waals surface area contributed by atoms with Gasteiger partial charge in [0.1, 0.15) is 21.5 Å². The first kappa shape index (κ1) is 24.1. The van der Waals surface area contributed by atoms with Crippen LogP contribution in [0.2, 0.25) is 0 Å². The van der Waals surface area contributed by atoms with Gasteiger partial charge in [0.2, 0.25) is 5.91 Å². The van der Waals surface area contributed by atoms with E-state index in [4.69, 9.17) is 9.72 Å². The van der Waals surface area contributed by atoms with Gasteiger partial charge >= 0.3 is 0 Å². The van der Waals surface area contributed by atoms with Gasteiger partial charge in [0, 0.05) is 19.6 Å². The van der Waals surface area contributed by atoms with E-state index in [-0.39, 0.29) is 10.1 Å². The summed E-state index contributed by atoms with van der Waals surface area (Å²) < 4.78 is 34.7. The van der Waals surface area contributed by atoms with Crippen LogP contribution in [0.1, 0.15) is 19.3 Å². The van der Waals surface area contributed by atoms with Crippen LogP contribution >= 0.6 is 22.7 Å². The van der Waals surface area contributed by atoms with Crippen molar-refractivity contribution < 1.29 is 17.9 Å². The number of aromatic nitrogens is 1. The fourth-order valence-corrected chi connectivity index (χ4v) is 7.72. The number of methoxy groups -OCH3 is 1. The molecule has 0 N–H and O–H groups in total. The van der Waals surface area contributed by atoms with Gasteiger partial charge < -0.3 is 9.64 Å². The molecular formula is C22H28N4O4S3. The molecule has 1 aliphatic heterocycles. The number of rotatable bonds is 8. The molecule has 1 unspecified atom stereocenters. The van der Waals surface area contributed by atoms with Crippen LogP contribution in [0.3, 0.4) is 0 Å². The van der Waals surface area contributed by atoms with Crippen LogP contribution in [0.15, 0.2) is 39.9 Å². The number of fused-ring (bicyclic) bond motifs is 1. The van der Waals surface area contributed by atoms with Crippen LogP contribution in [-0.4, -0.2) is 75.4 Å². The number of benzene rings is 1. The molecule has 3 heterocycles. The second-order valence-electron chi connectivity index (χ2n) is 8.16. The van der Waals surface area contributed by atoms with Crippen LogP contribution in [0.4, 0.5) is 5.13 Å². The average molecular weight is 509 g/mol. The molecule has 8 nitrogen and oxygen atoms in total. The zero-order valence-electron chi connectivity index (χ0n) is 18.9. The number of piperidine rings is 1. The van der Waals surface area contributed by atoms with E-state index in [2.05, 4.69) is 0 Å². The monoisotopic (exact) mass is 508 g/mol. The molecule has 178 valence electrons. The maximum Gasteiger partial charge on any atom is 0.253 e. The molecule has 11 heteroatoms. The number of para-hydroxylation sites is 1. The summed E-state index contributed by atoms with van der Waals surface area (Å²) in [7, 11) is 1.74. The summed E-state index contributed by atoms with van der Waals surface area (Å²) in [6.45, 7) is 1.38. The van der Waals surface area contributed by atoms with E-state index in [0.717, 1.165) is 17.5 Å². The summed E-state index contributed by atoms with van der Waals surface area (Å²) in [5.41, 5.74) is 0.703. The summed E-state index contributed by atoms with van der Waals surface area (Å²) in [4.78, 5) is 22.3. The lowest BCUT2D eigenvalue weighted by molar-refractivity contribution is -0.123. The fraction of sp³-hybridized carbons (Fsp3) is 0.455. The number of carbonyl (C=O) groups is 1. The first-order chi connectivity index (χ1) is 15.8.